The zero-order chi connectivity index (χ0) is 13.6. The molecule has 1 aromatic carbocycles. The second kappa shape index (κ2) is 5.86. The van der Waals surface area contributed by atoms with Gasteiger partial charge in [0.15, 0.2) is 0 Å². The molecule has 0 spiro atoms. The maximum Gasteiger partial charge on any atom is 0.142 e. The fourth-order valence-electron chi connectivity index (χ4n) is 4.17. The van der Waals surface area contributed by atoms with Crippen molar-refractivity contribution in [3.05, 3.63) is 69.9 Å². The van der Waals surface area contributed by atoms with Crippen LogP contribution in [0.15, 0.2) is 48.4 Å². The van der Waals surface area contributed by atoms with E-state index in [1.165, 1.54) is 30.4 Å². The van der Waals surface area contributed by atoms with E-state index >= 15 is 0 Å². The van der Waals surface area contributed by atoms with Crippen molar-refractivity contribution in [2.24, 2.45) is 0 Å². The molecule has 2 aliphatic rings. The Morgan fingerprint density at radius 1 is 1.14 bits per heavy atom. The molecule has 0 bridgehead atoms. The molecule has 3 heteroatoms. The maximum absolute atomic E-state index is 4.03. The van der Waals surface area contributed by atoms with Crippen molar-refractivity contribution in [1.29, 1.82) is 0 Å². The van der Waals surface area contributed by atoms with Crippen LogP contribution in [-0.2, 0) is 12.8 Å². The van der Waals surface area contributed by atoms with E-state index in [1.807, 2.05) is 11.3 Å². The quantitative estimate of drug-likeness (QED) is 0.394. The van der Waals surface area contributed by atoms with E-state index < -0.39 is 0 Å². The average molecular weight is 409 g/mol. The van der Waals surface area contributed by atoms with Gasteiger partial charge in [0.05, 0.1) is 19.6 Å². The molecule has 0 radical (unpaired) electrons. The molecule has 21 heavy (non-hydrogen) atoms. The zero-order valence-corrected chi connectivity index (χ0v) is 15.1. The van der Waals surface area contributed by atoms with Crippen LogP contribution in [0.25, 0.3) is 0 Å². The van der Waals surface area contributed by atoms with Crippen molar-refractivity contribution in [2.75, 3.05) is 19.6 Å². The molecule has 1 nitrogen and oxygen atoms in total. The van der Waals surface area contributed by atoms with Gasteiger partial charge < -0.3 is 28.5 Å². The van der Waals surface area contributed by atoms with Crippen molar-refractivity contribution in [3.63, 3.8) is 0 Å². The highest BCUT2D eigenvalue weighted by atomic mass is 127. The Hall–Kier alpha value is -0.650. The molecular formula is C18H20INS. The van der Waals surface area contributed by atoms with Gasteiger partial charge in [0.1, 0.15) is 6.04 Å². The Morgan fingerprint density at radius 3 is 2.81 bits per heavy atom. The summed E-state index contributed by atoms with van der Waals surface area (Å²) in [7, 11) is 0. The number of hydrogen-bond donors (Lipinski definition) is 0. The van der Waals surface area contributed by atoms with E-state index in [4.69, 9.17) is 0 Å². The molecule has 0 amide bonds. The van der Waals surface area contributed by atoms with Crippen molar-refractivity contribution >= 4 is 11.3 Å². The minimum atomic E-state index is 0. The van der Waals surface area contributed by atoms with Crippen molar-refractivity contribution in [2.45, 2.75) is 18.9 Å². The highest BCUT2D eigenvalue weighted by Crippen LogP contribution is 2.46. The number of thiophene rings is 1. The number of benzene rings is 1. The summed E-state index contributed by atoms with van der Waals surface area (Å²) >= 11 is 1.94. The van der Waals surface area contributed by atoms with Gasteiger partial charge in [0.2, 0.25) is 0 Å². The van der Waals surface area contributed by atoms with Crippen LogP contribution in [-0.4, -0.2) is 24.1 Å². The van der Waals surface area contributed by atoms with Crippen LogP contribution in [0.2, 0.25) is 0 Å². The van der Waals surface area contributed by atoms with Gasteiger partial charge in [-0.05, 0) is 23.1 Å². The van der Waals surface area contributed by atoms with Crippen molar-refractivity contribution in [1.82, 2.24) is 0 Å². The van der Waals surface area contributed by atoms with Crippen molar-refractivity contribution < 1.29 is 28.5 Å². The van der Waals surface area contributed by atoms with Gasteiger partial charge in [0, 0.05) is 28.8 Å². The fraction of sp³-hybridized carbons (Fsp3) is 0.333. The summed E-state index contributed by atoms with van der Waals surface area (Å²) in [5.74, 6) is 0. The number of halogens is 1. The Balaban J connectivity index is 0.00000132. The predicted molar refractivity (Wildman–Crippen MR) is 85.1 cm³/mol. The summed E-state index contributed by atoms with van der Waals surface area (Å²) in [5, 5.41) is 2.27. The third kappa shape index (κ3) is 2.30. The molecule has 0 aliphatic carbocycles. The van der Waals surface area contributed by atoms with Crippen LogP contribution in [0.5, 0.6) is 0 Å². The minimum Gasteiger partial charge on any atom is -1.00 e. The second-order valence-corrected chi connectivity index (χ2v) is 7.04. The first-order chi connectivity index (χ1) is 9.84. The first kappa shape index (κ1) is 15.3. The lowest BCUT2D eigenvalue weighted by molar-refractivity contribution is -0.950. The van der Waals surface area contributed by atoms with E-state index in [9.17, 15) is 0 Å². The molecule has 1 aromatic heterocycles. The summed E-state index contributed by atoms with van der Waals surface area (Å²) in [6, 6.07) is 12.0. The van der Waals surface area contributed by atoms with Crippen LogP contribution in [0.1, 0.15) is 27.6 Å². The van der Waals surface area contributed by atoms with Gasteiger partial charge >= 0.3 is 0 Å². The molecule has 2 aromatic rings. The predicted octanol–water partition coefficient (Wildman–Crippen LogP) is 0.957. The molecular weight excluding hydrogens is 389 g/mol. The first-order valence-corrected chi connectivity index (χ1v) is 8.33. The topological polar surface area (TPSA) is 0 Å². The molecule has 0 saturated carbocycles. The molecule has 0 N–H and O–H groups in total. The van der Waals surface area contributed by atoms with Crippen molar-refractivity contribution in [3.8, 4) is 0 Å². The fourth-order valence-corrected chi connectivity index (χ4v) is 5.07. The molecule has 0 fully saturated rings. The van der Waals surface area contributed by atoms with Crippen LogP contribution in [0, 0.1) is 0 Å². The lowest BCUT2D eigenvalue weighted by Crippen LogP contribution is -3.00. The van der Waals surface area contributed by atoms with Gasteiger partial charge in [-0.3, -0.25) is 0 Å². The van der Waals surface area contributed by atoms with E-state index in [0.717, 1.165) is 6.54 Å². The van der Waals surface area contributed by atoms with E-state index in [-0.39, 0.29) is 24.0 Å². The van der Waals surface area contributed by atoms with Crippen LogP contribution >= 0.6 is 11.3 Å². The molecule has 2 unspecified atom stereocenters. The Kier molecular flexibility index (Phi) is 4.26. The third-order valence-electron chi connectivity index (χ3n) is 5.08. The summed E-state index contributed by atoms with van der Waals surface area (Å²) < 4.78 is 1.18. The van der Waals surface area contributed by atoms with Gasteiger partial charge in [-0.25, -0.2) is 0 Å². The molecule has 4 rings (SSSR count). The summed E-state index contributed by atoms with van der Waals surface area (Å²) in [4.78, 5) is 1.60. The standard InChI is InChI=1S/C18H20NS.HI/c1-2-10-19-11-7-14-5-3-4-6-15(14)18(19)16-9-13-20-17(16)8-12-19;/h2-6,9,13,18H,1,7-8,10-12H2;1H/q+1;/p-1. The number of nitrogens with zero attached hydrogens (tertiary/aromatic N) is 1. The molecule has 0 saturated heterocycles. The monoisotopic (exact) mass is 409 g/mol. The van der Waals surface area contributed by atoms with Gasteiger partial charge in [-0.1, -0.05) is 30.8 Å². The average Bonchev–Trinajstić information content (AvgIpc) is 2.95. The summed E-state index contributed by atoms with van der Waals surface area (Å²) in [6.07, 6.45) is 4.57. The highest BCUT2D eigenvalue weighted by Gasteiger charge is 2.46. The van der Waals surface area contributed by atoms with Gasteiger partial charge in [-0.2, -0.15) is 0 Å². The highest BCUT2D eigenvalue weighted by molar-refractivity contribution is 7.10. The summed E-state index contributed by atoms with van der Waals surface area (Å²) in [5.41, 5.74) is 4.68. The largest absolute Gasteiger partial charge is 1.00 e. The minimum absolute atomic E-state index is 0. The van der Waals surface area contributed by atoms with E-state index in [2.05, 4.69) is 48.4 Å². The molecule has 110 valence electrons. The Bertz CT molecular complexity index is 663. The number of rotatable bonds is 2. The number of fused-ring (bicyclic) bond motifs is 5. The van der Waals surface area contributed by atoms with E-state index in [0.29, 0.717) is 6.04 Å². The first-order valence-electron chi connectivity index (χ1n) is 7.45. The Morgan fingerprint density at radius 2 is 1.95 bits per heavy atom. The normalized spacial score (nSPS) is 26.0. The molecule has 2 atom stereocenters. The van der Waals surface area contributed by atoms with E-state index in [1.54, 1.807) is 21.6 Å². The lowest BCUT2D eigenvalue weighted by atomic mass is 9.83. The summed E-state index contributed by atoms with van der Waals surface area (Å²) in [6.45, 7) is 7.63. The molecule has 3 heterocycles. The maximum atomic E-state index is 4.03. The molecule has 2 aliphatic heterocycles. The Labute approximate surface area is 147 Å². The SMILES string of the molecule is C=CC[N+]12CCc3ccccc3C1c1ccsc1CC2.[I-]. The van der Waals surface area contributed by atoms with Crippen LogP contribution in [0.4, 0.5) is 0 Å². The van der Waals surface area contributed by atoms with Gasteiger partial charge in [-0.15, -0.1) is 11.3 Å². The smallest absolute Gasteiger partial charge is 0.142 e. The number of hydrogen-bond acceptors (Lipinski definition) is 1. The van der Waals surface area contributed by atoms with Gasteiger partial charge in [0.25, 0.3) is 0 Å². The van der Waals surface area contributed by atoms with Crippen LogP contribution < -0.4 is 24.0 Å². The second-order valence-electron chi connectivity index (χ2n) is 6.04. The lowest BCUT2D eigenvalue weighted by Gasteiger charge is -2.50. The third-order valence-corrected chi connectivity index (χ3v) is 6.07. The zero-order valence-electron chi connectivity index (χ0n) is 12.1. The van der Waals surface area contributed by atoms with Crippen LogP contribution in [0.3, 0.4) is 0 Å². The number of quaternary nitrogens is 1.